The highest BCUT2D eigenvalue weighted by atomic mass is 16.5. The highest BCUT2D eigenvalue weighted by Crippen LogP contribution is 2.17. The lowest BCUT2D eigenvalue weighted by atomic mass is 10.1. The van der Waals surface area contributed by atoms with Crippen molar-refractivity contribution in [3.63, 3.8) is 0 Å². The molecule has 0 heterocycles. The van der Waals surface area contributed by atoms with E-state index in [0.29, 0.717) is 12.3 Å². The third kappa shape index (κ3) is 7.26. The topological polar surface area (TPSA) is 58.6 Å². The average Bonchev–Trinajstić information content (AvgIpc) is 2.62. The van der Waals surface area contributed by atoms with Gasteiger partial charge in [0.2, 0.25) is 5.91 Å². The van der Waals surface area contributed by atoms with Crippen molar-refractivity contribution in [2.45, 2.75) is 59.7 Å². The number of carbonyl (C=O) groups excluding carboxylic acids is 2. The molecule has 29 heavy (non-hydrogen) atoms. The maximum absolute atomic E-state index is 13.0. The number of carbonyl (C=O) groups is 2. The number of hydrogen-bond acceptors (Lipinski definition) is 3. The number of nitrogens with one attached hydrogen (secondary N) is 1. The van der Waals surface area contributed by atoms with Crippen LogP contribution in [0, 0.1) is 13.8 Å². The van der Waals surface area contributed by atoms with Gasteiger partial charge in [0, 0.05) is 12.1 Å². The minimum atomic E-state index is -0.621. The van der Waals surface area contributed by atoms with Crippen LogP contribution in [0.25, 0.3) is 0 Å². The van der Waals surface area contributed by atoms with Crippen molar-refractivity contribution >= 4 is 11.8 Å². The van der Waals surface area contributed by atoms with Gasteiger partial charge in [-0.2, -0.15) is 0 Å². The molecule has 0 bridgehead atoms. The van der Waals surface area contributed by atoms with Gasteiger partial charge in [0.25, 0.3) is 5.91 Å². The van der Waals surface area contributed by atoms with Gasteiger partial charge in [-0.3, -0.25) is 9.59 Å². The standard InChI is InChI=1S/C24H32N2O3/c1-17-12-18(2)14-21(13-17)29-16-22(27)26(15-20-10-8-7-9-11-20)19(3)23(28)25-24(4,5)6/h7-14,19H,15-16H2,1-6H3,(H,25,28). The highest BCUT2D eigenvalue weighted by Gasteiger charge is 2.28. The Labute approximate surface area is 174 Å². The molecule has 0 fully saturated rings. The third-order valence-corrected chi connectivity index (χ3v) is 4.42. The van der Waals surface area contributed by atoms with Crippen molar-refractivity contribution in [2.24, 2.45) is 0 Å². The summed E-state index contributed by atoms with van der Waals surface area (Å²) in [6.45, 7) is 11.7. The first-order valence-corrected chi connectivity index (χ1v) is 9.91. The number of hydrogen-bond donors (Lipinski definition) is 1. The number of aryl methyl sites for hydroxylation is 2. The van der Waals surface area contributed by atoms with Crippen LogP contribution in [0.5, 0.6) is 5.75 Å². The summed E-state index contributed by atoms with van der Waals surface area (Å²) in [7, 11) is 0. The monoisotopic (exact) mass is 396 g/mol. The number of rotatable bonds is 7. The second kappa shape index (κ2) is 9.59. The molecule has 0 aliphatic carbocycles. The van der Waals surface area contributed by atoms with Crippen LogP contribution in [-0.4, -0.2) is 34.9 Å². The Bertz CT molecular complexity index is 821. The average molecular weight is 397 g/mol. The molecular formula is C24H32N2O3. The second-order valence-corrected chi connectivity index (χ2v) is 8.53. The van der Waals surface area contributed by atoms with Crippen LogP contribution in [0.3, 0.4) is 0 Å². The Morgan fingerprint density at radius 2 is 1.62 bits per heavy atom. The van der Waals surface area contributed by atoms with Crippen LogP contribution in [0.4, 0.5) is 0 Å². The van der Waals surface area contributed by atoms with Gasteiger partial charge < -0.3 is 15.0 Å². The first-order valence-electron chi connectivity index (χ1n) is 9.91. The Morgan fingerprint density at radius 1 is 1.03 bits per heavy atom. The Morgan fingerprint density at radius 3 is 2.17 bits per heavy atom. The molecule has 5 heteroatoms. The smallest absolute Gasteiger partial charge is 0.261 e. The van der Waals surface area contributed by atoms with Crippen LogP contribution in [-0.2, 0) is 16.1 Å². The first-order chi connectivity index (χ1) is 13.5. The molecule has 2 aromatic rings. The number of benzene rings is 2. The van der Waals surface area contributed by atoms with E-state index >= 15 is 0 Å². The molecule has 1 atom stereocenters. The molecule has 5 nitrogen and oxygen atoms in total. The first kappa shape index (κ1) is 22.5. The zero-order chi connectivity index (χ0) is 21.6. The largest absolute Gasteiger partial charge is 0.484 e. The predicted octanol–water partition coefficient (Wildman–Crippen LogP) is 4.01. The number of nitrogens with zero attached hydrogens (tertiary/aromatic N) is 1. The molecule has 0 aliphatic heterocycles. The van der Waals surface area contributed by atoms with Gasteiger partial charge in [-0.05, 0) is 70.4 Å². The summed E-state index contributed by atoms with van der Waals surface area (Å²) in [6, 6.07) is 14.9. The van der Waals surface area contributed by atoms with E-state index in [1.54, 1.807) is 11.8 Å². The predicted molar refractivity (Wildman–Crippen MR) is 116 cm³/mol. The van der Waals surface area contributed by atoms with Gasteiger partial charge in [-0.25, -0.2) is 0 Å². The van der Waals surface area contributed by atoms with E-state index in [0.717, 1.165) is 16.7 Å². The summed E-state index contributed by atoms with van der Waals surface area (Å²) in [5.74, 6) is 0.236. The van der Waals surface area contributed by atoms with Crippen LogP contribution in [0.15, 0.2) is 48.5 Å². The Hall–Kier alpha value is -2.82. The van der Waals surface area contributed by atoms with Crippen LogP contribution >= 0.6 is 0 Å². The Balaban J connectivity index is 2.16. The maximum Gasteiger partial charge on any atom is 0.261 e. The zero-order valence-corrected chi connectivity index (χ0v) is 18.3. The highest BCUT2D eigenvalue weighted by molar-refractivity contribution is 5.88. The molecule has 2 aromatic carbocycles. The summed E-state index contributed by atoms with van der Waals surface area (Å²) in [6.07, 6.45) is 0. The van der Waals surface area contributed by atoms with E-state index in [1.807, 2.05) is 77.1 Å². The molecular weight excluding hydrogens is 364 g/mol. The second-order valence-electron chi connectivity index (χ2n) is 8.53. The lowest BCUT2D eigenvalue weighted by Gasteiger charge is -2.31. The molecule has 0 radical (unpaired) electrons. The van der Waals surface area contributed by atoms with E-state index in [4.69, 9.17) is 4.74 Å². The van der Waals surface area contributed by atoms with Crippen LogP contribution in [0.2, 0.25) is 0 Å². The minimum Gasteiger partial charge on any atom is -0.484 e. The molecule has 0 aromatic heterocycles. The van der Waals surface area contributed by atoms with Crippen molar-refractivity contribution in [2.75, 3.05) is 6.61 Å². The van der Waals surface area contributed by atoms with Gasteiger partial charge in [-0.15, -0.1) is 0 Å². The minimum absolute atomic E-state index is 0.122. The van der Waals surface area contributed by atoms with Gasteiger partial charge in [-0.1, -0.05) is 36.4 Å². The lowest BCUT2D eigenvalue weighted by Crippen LogP contribution is -2.53. The molecule has 0 aliphatic rings. The molecule has 0 spiro atoms. The maximum atomic E-state index is 13.0. The fraction of sp³-hybridized carbons (Fsp3) is 0.417. The van der Waals surface area contributed by atoms with Crippen molar-refractivity contribution in [1.29, 1.82) is 0 Å². The quantitative estimate of drug-likeness (QED) is 0.769. The van der Waals surface area contributed by atoms with Gasteiger partial charge >= 0.3 is 0 Å². The third-order valence-electron chi connectivity index (χ3n) is 4.42. The summed E-state index contributed by atoms with van der Waals surface area (Å²) < 4.78 is 5.76. The summed E-state index contributed by atoms with van der Waals surface area (Å²) >= 11 is 0. The number of amides is 2. The molecule has 2 rings (SSSR count). The van der Waals surface area contributed by atoms with Crippen molar-refractivity contribution < 1.29 is 14.3 Å². The van der Waals surface area contributed by atoms with Crippen LogP contribution in [0.1, 0.15) is 44.4 Å². The van der Waals surface area contributed by atoms with E-state index in [1.165, 1.54) is 0 Å². The van der Waals surface area contributed by atoms with Gasteiger partial charge in [0.1, 0.15) is 11.8 Å². The van der Waals surface area contributed by atoms with E-state index < -0.39 is 6.04 Å². The fourth-order valence-electron chi connectivity index (χ4n) is 3.08. The van der Waals surface area contributed by atoms with E-state index in [-0.39, 0.29) is 24.0 Å². The van der Waals surface area contributed by atoms with Gasteiger partial charge in [0.05, 0.1) is 0 Å². The zero-order valence-electron chi connectivity index (χ0n) is 18.3. The summed E-state index contributed by atoms with van der Waals surface area (Å²) in [4.78, 5) is 27.3. The number of ether oxygens (including phenoxy) is 1. The van der Waals surface area contributed by atoms with Crippen molar-refractivity contribution in [3.05, 3.63) is 65.2 Å². The van der Waals surface area contributed by atoms with E-state index in [2.05, 4.69) is 11.4 Å². The molecule has 2 amide bonds. The lowest BCUT2D eigenvalue weighted by molar-refractivity contribution is -0.142. The normalized spacial score (nSPS) is 12.2. The summed E-state index contributed by atoms with van der Waals surface area (Å²) in [5.41, 5.74) is 2.74. The molecule has 0 saturated carbocycles. The van der Waals surface area contributed by atoms with Crippen molar-refractivity contribution in [3.8, 4) is 5.75 Å². The Kier molecular flexibility index (Phi) is 7.43. The van der Waals surface area contributed by atoms with Crippen LogP contribution < -0.4 is 10.1 Å². The summed E-state index contributed by atoms with van der Waals surface area (Å²) in [5, 5.41) is 2.96. The SMILES string of the molecule is Cc1cc(C)cc(OCC(=O)N(Cc2ccccc2)C(C)C(=O)NC(C)(C)C)c1. The van der Waals surface area contributed by atoms with E-state index in [9.17, 15) is 9.59 Å². The fourth-order valence-corrected chi connectivity index (χ4v) is 3.08. The van der Waals surface area contributed by atoms with Crippen molar-refractivity contribution in [1.82, 2.24) is 10.2 Å². The molecule has 1 N–H and O–H groups in total. The molecule has 1 unspecified atom stereocenters. The molecule has 156 valence electrons. The van der Waals surface area contributed by atoms with Gasteiger partial charge in [0.15, 0.2) is 6.61 Å². The molecule has 0 saturated heterocycles.